The number of rotatable bonds is 3. The Morgan fingerprint density at radius 3 is 2.33 bits per heavy atom. The summed E-state index contributed by atoms with van der Waals surface area (Å²) in [6.07, 6.45) is -4.52. The normalized spacial score (nSPS) is 11.0. The molecule has 2 aromatic rings. The van der Waals surface area contributed by atoms with Crippen LogP contribution in [0.5, 0.6) is 0 Å². The first-order chi connectivity index (χ1) is 11.2. The van der Waals surface area contributed by atoms with Crippen molar-refractivity contribution in [3.05, 3.63) is 59.2 Å². The average molecular weight is 354 g/mol. The van der Waals surface area contributed by atoms with Crippen LogP contribution in [0.15, 0.2) is 42.5 Å². The van der Waals surface area contributed by atoms with Crippen LogP contribution in [0.4, 0.5) is 24.5 Å². The van der Waals surface area contributed by atoms with Crippen molar-refractivity contribution >= 4 is 34.7 Å². The number of hydrogen-bond acceptors (Lipinski definition) is 2. The maximum atomic E-state index is 13.0. The first kappa shape index (κ1) is 17.7. The molecule has 4 nitrogen and oxygen atoms in total. The summed E-state index contributed by atoms with van der Waals surface area (Å²) >= 11 is 5.03. The van der Waals surface area contributed by atoms with Crippen LogP contribution in [0, 0.1) is 6.92 Å². The third-order valence-electron chi connectivity index (χ3n) is 3.21. The van der Waals surface area contributed by atoms with Gasteiger partial charge in [-0.25, -0.2) is 4.79 Å². The number of nitrogens with one attached hydrogen (secondary N) is 2. The number of halogens is 3. The Hall–Kier alpha value is -2.61. The summed E-state index contributed by atoms with van der Waals surface area (Å²) in [5.74, 6) is -1.11. The Morgan fingerprint density at radius 1 is 1.08 bits per heavy atom. The van der Waals surface area contributed by atoms with Gasteiger partial charge in [-0.1, -0.05) is 18.2 Å². The van der Waals surface area contributed by atoms with Gasteiger partial charge in [-0.15, -0.1) is 0 Å². The number of aromatic carboxylic acids is 1. The zero-order valence-corrected chi connectivity index (χ0v) is 13.3. The zero-order valence-electron chi connectivity index (χ0n) is 12.4. The van der Waals surface area contributed by atoms with Crippen molar-refractivity contribution in [1.82, 2.24) is 0 Å². The van der Waals surface area contributed by atoms with Crippen molar-refractivity contribution in [3.8, 4) is 0 Å². The fraction of sp³-hybridized carbons (Fsp3) is 0.125. The third kappa shape index (κ3) is 4.23. The molecular formula is C16H13F3N2O2S. The Labute approximate surface area is 141 Å². The van der Waals surface area contributed by atoms with E-state index in [4.69, 9.17) is 17.3 Å². The number of anilines is 2. The minimum Gasteiger partial charge on any atom is -0.478 e. The fourth-order valence-corrected chi connectivity index (χ4v) is 2.22. The lowest BCUT2D eigenvalue weighted by Crippen LogP contribution is -2.22. The van der Waals surface area contributed by atoms with Gasteiger partial charge >= 0.3 is 12.1 Å². The second-order valence-electron chi connectivity index (χ2n) is 4.96. The summed E-state index contributed by atoms with van der Waals surface area (Å²) in [6.45, 7) is 1.72. The van der Waals surface area contributed by atoms with Crippen LogP contribution in [0.1, 0.15) is 21.5 Å². The highest BCUT2D eigenvalue weighted by atomic mass is 32.1. The van der Waals surface area contributed by atoms with Crippen molar-refractivity contribution in [2.75, 3.05) is 10.6 Å². The number of thiocarbonyl (C=S) groups is 1. The molecule has 0 fully saturated rings. The van der Waals surface area contributed by atoms with E-state index >= 15 is 0 Å². The number of carboxylic acids is 1. The lowest BCUT2D eigenvalue weighted by molar-refractivity contribution is -0.136. The molecule has 0 aliphatic rings. The first-order valence-electron chi connectivity index (χ1n) is 6.76. The summed E-state index contributed by atoms with van der Waals surface area (Å²) in [5.41, 5.74) is 0.117. The Bertz CT molecular complexity index is 791. The van der Waals surface area contributed by atoms with E-state index in [1.54, 1.807) is 13.0 Å². The molecule has 0 bridgehead atoms. The third-order valence-corrected chi connectivity index (χ3v) is 3.42. The zero-order chi connectivity index (χ0) is 17.9. The minimum absolute atomic E-state index is 0.0431. The molecule has 0 spiro atoms. The molecule has 0 unspecified atom stereocenters. The Kier molecular flexibility index (Phi) is 5.08. The molecule has 0 atom stereocenters. The van der Waals surface area contributed by atoms with Gasteiger partial charge in [0.25, 0.3) is 0 Å². The standard InChI is InChI=1S/C16H13F3N2O2S/c1-9-6-7-10(14(22)23)8-13(9)21-15(24)20-12-5-3-2-4-11(12)16(17,18)19/h2-8H,1H3,(H,22,23)(H2,20,21,24). The molecule has 3 N–H and O–H groups in total. The van der Waals surface area contributed by atoms with Gasteiger partial charge in [-0.05, 0) is 49.0 Å². The van der Waals surface area contributed by atoms with Crippen LogP contribution in [-0.2, 0) is 6.18 Å². The van der Waals surface area contributed by atoms with E-state index in [-0.39, 0.29) is 16.4 Å². The number of para-hydroxylation sites is 1. The first-order valence-corrected chi connectivity index (χ1v) is 7.17. The molecule has 0 radical (unpaired) electrons. The van der Waals surface area contributed by atoms with Gasteiger partial charge in [0.05, 0.1) is 16.8 Å². The maximum absolute atomic E-state index is 13.0. The number of alkyl halides is 3. The molecule has 126 valence electrons. The van der Waals surface area contributed by atoms with Crippen LogP contribution in [0.2, 0.25) is 0 Å². The molecule has 0 amide bonds. The van der Waals surface area contributed by atoms with Crippen LogP contribution < -0.4 is 10.6 Å². The lowest BCUT2D eigenvalue weighted by Gasteiger charge is -2.16. The Morgan fingerprint density at radius 2 is 1.71 bits per heavy atom. The van der Waals surface area contributed by atoms with Gasteiger partial charge < -0.3 is 15.7 Å². The van der Waals surface area contributed by atoms with E-state index in [9.17, 15) is 18.0 Å². The predicted molar refractivity (Wildman–Crippen MR) is 89.4 cm³/mol. The van der Waals surface area contributed by atoms with E-state index in [2.05, 4.69) is 10.6 Å². The van der Waals surface area contributed by atoms with Crippen molar-refractivity contribution in [2.24, 2.45) is 0 Å². The molecule has 0 saturated carbocycles. The maximum Gasteiger partial charge on any atom is 0.418 e. The smallest absolute Gasteiger partial charge is 0.418 e. The van der Waals surface area contributed by atoms with Gasteiger partial charge in [-0.2, -0.15) is 13.2 Å². The van der Waals surface area contributed by atoms with E-state index in [1.807, 2.05) is 0 Å². The van der Waals surface area contributed by atoms with Crippen LogP contribution in [0.3, 0.4) is 0 Å². The van der Waals surface area contributed by atoms with Crippen molar-refractivity contribution < 1.29 is 23.1 Å². The fourth-order valence-electron chi connectivity index (χ4n) is 2.00. The van der Waals surface area contributed by atoms with Crippen LogP contribution >= 0.6 is 12.2 Å². The van der Waals surface area contributed by atoms with Crippen LogP contribution in [-0.4, -0.2) is 16.2 Å². The lowest BCUT2D eigenvalue weighted by atomic mass is 10.1. The highest BCUT2D eigenvalue weighted by Crippen LogP contribution is 2.34. The summed E-state index contributed by atoms with van der Waals surface area (Å²) in [6, 6.07) is 9.32. The Balaban J connectivity index is 2.21. The van der Waals surface area contributed by atoms with Crippen molar-refractivity contribution in [1.29, 1.82) is 0 Å². The summed E-state index contributed by atoms with van der Waals surface area (Å²) in [7, 11) is 0. The summed E-state index contributed by atoms with van der Waals surface area (Å²) in [4.78, 5) is 11.0. The molecule has 0 saturated heterocycles. The molecule has 8 heteroatoms. The molecular weight excluding hydrogens is 341 g/mol. The van der Waals surface area contributed by atoms with E-state index in [1.165, 1.54) is 30.3 Å². The SMILES string of the molecule is Cc1ccc(C(=O)O)cc1NC(=S)Nc1ccccc1C(F)(F)F. The van der Waals surface area contributed by atoms with Gasteiger partial charge in [0, 0.05) is 5.69 Å². The molecule has 0 aliphatic heterocycles. The second kappa shape index (κ2) is 6.88. The molecule has 0 heterocycles. The van der Waals surface area contributed by atoms with E-state index in [0.717, 1.165) is 6.07 Å². The largest absolute Gasteiger partial charge is 0.478 e. The van der Waals surface area contributed by atoms with Gasteiger partial charge in [0.15, 0.2) is 5.11 Å². The summed E-state index contributed by atoms with van der Waals surface area (Å²) < 4.78 is 38.9. The van der Waals surface area contributed by atoms with E-state index in [0.29, 0.717) is 11.3 Å². The second-order valence-corrected chi connectivity index (χ2v) is 5.37. The van der Waals surface area contributed by atoms with Gasteiger partial charge in [-0.3, -0.25) is 0 Å². The minimum atomic E-state index is -4.52. The molecule has 2 aromatic carbocycles. The van der Waals surface area contributed by atoms with E-state index < -0.39 is 17.7 Å². The predicted octanol–water partition coefficient (Wildman–Crippen LogP) is 4.52. The molecule has 2 rings (SSSR count). The van der Waals surface area contributed by atoms with Crippen molar-refractivity contribution in [2.45, 2.75) is 13.1 Å². The highest BCUT2D eigenvalue weighted by Gasteiger charge is 2.33. The molecule has 24 heavy (non-hydrogen) atoms. The average Bonchev–Trinajstić information content (AvgIpc) is 2.48. The number of aryl methyl sites for hydroxylation is 1. The van der Waals surface area contributed by atoms with Crippen molar-refractivity contribution in [3.63, 3.8) is 0 Å². The molecule has 0 aromatic heterocycles. The number of benzene rings is 2. The highest BCUT2D eigenvalue weighted by molar-refractivity contribution is 7.80. The van der Waals surface area contributed by atoms with Gasteiger partial charge in [0.1, 0.15) is 0 Å². The number of carboxylic acid groups (broad SMARTS) is 1. The molecule has 0 aliphatic carbocycles. The summed E-state index contributed by atoms with van der Waals surface area (Å²) in [5, 5.41) is 14.1. The van der Waals surface area contributed by atoms with Gasteiger partial charge in [0.2, 0.25) is 0 Å². The quantitative estimate of drug-likeness (QED) is 0.708. The topological polar surface area (TPSA) is 61.4 Å². The monoisotopic (exact) mass is 354 g/mol. The number of carbonyl (C=O) groups is 1. The number of hydrogen-bond donors (Lipinski definition) is 3. The van der Waals surface area contributed by atoms with Crippen LogP contribution in [0.25, 0.3) is 0 Å².